The maximum Gasteiger partial charge on any atom is 0.258 e. The van der Waals surface area contributed by atoms with Crippen LogP contribution in [0.2, 0.25) is 0 Å². The van der Waals surface area contributed by atoms with Gasteiger partial charge in [-0.1, -0.05) is 48.5 Å². The molecule has 1 aliphatic carbocycles. The third kappa shape index (κ3) is 3.29. The van der Waals surface area contributed by atoms with Gasteiger partial charge in [0.2, 0.25) is 5.91 Å². The number of carbonyl (C=O) groups is 2. The Labute approximate surface area is 198 Å². The smallest absolute Gasteiger partial charge is 0.258 e. The van der Waals surface area contributed by atoms with E-state index in [4.69, 9.17) is 0 Å². The molecule has 0 bridgehead atoms. The van der Waals surface area contributed by atoms with Crippen molar-refractivity contribution in [2.45, 2.75) is 4.90 Å². The van der Waals surface area contributed by atoms with E-state index >= 15 is 0 Å². The van der Waals surface area contributed by atoms with Gasteiger partial charge < -0.3 is 10.3 Å². The van der Waals surface area contributed by atoms with Crippen molar-refractivity contribution in [1.29, 1.82) is 0 Å². The molecular weight excluding hydrogens is 446 g/mol. The lowest BCUT2D eigenvalue weighted by molar-refractivity contribution is -0.113. The minimum absolute atomic E-state index is 0.0226. The van der Waals surface area contributed by atoms with Crippen molar-refractivity contribution in [1.82, 2.24) is 9.97 Å². The van der Waals surface area contributed by atoms with Gasteiger partial charge in [0.05, 0.1) is 23.0 Å². The predicted molar refractivity (Wildman–Crippen MR) is 135 cm³/mol. The number of aromatic amines is 1. The molecule has 4 aromatic carbocycles. The van der Waals surface area contributed by atoms with Crippen LogP contribution < -0.4 is 10.9 Å². The van der Waals surface area contributed by atoms with Crippen molar-refractivity contribution >= 4 is 50.8 Å². The Morgan fingerprint density at radius 2 is 1.68 bits per heavy atom. The molecule has 0 atom stereocenters. The lowest BCUT2D eigenvalue weighted by Crippen LogP contribution is -2.15. The first kappa shape index (κ1) is 20.4. The molecule has 0 aliphatic heterocycles. The topological polar surface area (TPSA) is 91.9 Å². The SMILES string of the molecule is O=C(CSc1ccc2c3c(cccc13)C(=O)c1ccccc1-2)Nc1ccc2nc[nH]c(=O)c2c1. The minimum atomic E-state index is -0.254. The Hall–Kier alpha value is -4.23. The lowest BCUT2D eigenvalue weighted by Gasteiger charge is -2.21. The van der Waals surface area contributed by atoms with Crippen LogP contribution in [0.25, 0.3) is 32.8 Å². The average molecular weight is 464 g/mol. The highest BCUT2D eigenvalue weighted by Gasteiger charge is 2.25. The van der Waals surface area contributed by atoms with Gasteiger partial charge in [0.1, 0.15) is 0 Å². The van der Waals surface area contributed by atoms with Crippen molar-refractivity contribution in [2.24, 2.45) is 0 Å². The summed E-state index contributed by atoms with van der Waals surface area (Å²) < 4.78 is 0. The van der Waals surface area contributed by atoms with Crippen LogP contribution in [-0.2, 0) is 4.79 Å². The standard InChI is InChI=1S/C27H17N3O3S/c31-24(30-15-8-10-22-21(12-15)27(33)29-14-28-22)13-34-23-11-9-17-16-4-1-2-5-18(16)26(32)20-7-3-6-19(23)25(17)20/h1-12,14H,13H2,(H,30,31)(H,28,29,33). The first-order chi connectivity index (χ1) is 16.6. The molecule has 34 heavy (non-hydrogen) atoms. The van der Waals surface area contributed by atoms with E-state index in [2.05, 4.69) is 15.3 Å². The highest BCUT2D eigenvalue weighted by molar-refractivity contribution is 8.00. The van der Waals surface area contributed by atoms with Gasteiger partial charge in [-0.3, -0.25) is 14.4 Å². The molecule has 0 radical (unpaired) electrons. The molecule has 6 nitrogen and oxygen atoms in total. The molecule has 0 saturated carbocycles. The summed E-state index contributed by atoms with van der Waals surface area (Å²) in [6.45, 7) is 0. The van der Waals surface area contributed by atoms with Gasteiger partial charge in [0, 0.05) is 27.1 Å². The summed E-state index contributed by atoms with van der Waals surface area (Å²) in [4.78, 5) is 45.4. The average Bonchev–Trinajstić information content (AvgIpc) is 2.86. The number of rotatable bonds is 4. The predicted octanol–water partition coefficient (Wildman–Crippen LogP) is 5.02. The number of nitrogens with one attached hydrogen (secondary N) is 2. The van der Waals surface area contributed by atoms with E-state index in [0.717, 1.165) is 26.8 Å². The molecule has 0 unspecified atom stereocenters. The van der Waals surface area contributed by atoms with Gasteiger partial charge in [-0.05, 0) is 40.8 Å². The van der Waals surface area contributed by atoms with E-state index in [1.54, 1.807) is 18.2 Å². The molecule has 1 aliphatic rings. The Morgan fingerprint density at radius 1 is 0.853 bits per heavy atom. The third-order valence-corrected chi connectivity index (χ3v) is 7.06. The van der Waals surface area contributed by atoms with E-state index in [9.17, 15) is 14.4 Å². The van der Waals surface area contributed by atoms with Gasteiger partial charge in [-0.25, -0.2) is 4.98 Å². The maximum atomic E-state index is 13.1. The zero-order valence-corrected chi connectivity index (χ0v) is 18.6. The summed E-state index contributed by atoms with van der Waals surface area (Å²) in [6.07, 6.45) is 1.35. The summed E-state index contributed by atoms with van der Waals surface area (Å²) in [6, 6.07) is 22.5. The Morgan fingerprint density at radius 3 is 2.56 bits per heavy atom. The molecule has 5 aromatic rings. The highest BCUT2D eigenvalue weighted by Crippen LogP contribution is 2.42. The largest absolute Gasteiger partial charge is 0.325 e. The van der Waals surface area contributed by atoms with E-state index in [1.807, 2.05) is 54.6 Å². The molecule has 0 fully saturated rings. The van der Waals surface area contributed by atoms with Crippen LogP contribution >= 0.6 is 11.8 Å². The van der Waals surface area contributed by atoms with Gasteiger partial charge in [0.25, 0.3) is 5.56 Å². The van der Waals surface area contributed by atoms with Crippen molar-refractivity contribution in [3.63, 3.8) is 0 Å². The Balaban J connectivity index is 1.28. The van der Waals surface area contributed by atoms with E-state index in [0.29, 0.717) is 27.7 Å². The van der Waals surface area contributed by atoms with Crippen LogP contribution in [0.5, 0.6) is 0 Å². The second-order valence-corrected chi connectivity index (χ2v) is 9.03. The summed E-state index contributed by atoms with van der Waals surface area (Å²) in [5.41, 5.74) is 4.22. The van der Waals surface area contributed by atoms with Crippen LogP contribution in [-0.4, -0.2) is 27.4 Å². The number of aromatic nitrogens is 2. The number of carbonyl (C=O) groups excluding carboxylic acids is 2. The van der Waals surface area contributed by atoms with Crippen LogP contribution in [0, 0.1) is 0 Å². The fraction of sp³-hybridized carbons (Fsp3) is 0.0370. The number of amides is 1. The summed E-state index contributed by atoms with van der Waals surface area (Å²) >= 11 is 1.41. The molecule has 0 saturated heterocycles. The fourth-order valence-electron chi connectivity index (χ4n) is 4.47. The van der Waals surface area contributed by atoms with Crippen LogP contribution in [0.15, 0.2) is 88.8 Å². The fourth-order valence-corrected chi connectivity index (χ4v) is 5.32. The van der Waals surface area contributed by atoms with E-state index in [-0.39, 0.29) is 23.0 Å². The summed E-state index contributed by atoms with van der Waals surface area (Å²) in [7, 11) is 0. The summed E-state index contributed by atoms with van der Waals surface area (Å²) in [5.74, 6) is 0.0194. The van der Waals surface area contributed by atoms with Crippen molar-refractivity contribution < 1.29 is 9.59 Å². The van der Waals surface area contributed by atoms with E-state index in [1.165, 1.54) is 18.1 Å². The number of fused-ring (bicyclic) bond motifs is 3. The molecule has 1 aromatic heterocycles. The molecule has 1 heterocycles. The zero-order chi connectivity index (χ0) is 23.2. The molecule has 2 N–H and O–H groups in total. The normalized spacial score (nSPS) is 12.1. The van der Waals surface area contributed by atoms with Crippen molar-refractivity contribution in [3.05, 3.63) is 101 Å². The molecule has 7 heteroatoms. The van der Waals surface area contributed by atoms with E-state index < -0.39 is 0 Å². The quantitative estimate of drug-likeness (QED) is 0.358. The number of ketones is 1. The number of benzene rings is 4. The Kier molecular flexibility index (Phi) is 4.78. The minimum Gasteiger partial charge on any atom is -0.325 e. The number of hydrogen-bond acceptors (Lipinski definition) is 5. The molecule has 164 valence electrons. The van der Waals surface area contributed by atoms with Crippen molar-refractivity contribution in [3.8, 4) is 11.1 Å². The number of anilines is 1. The van der Waals surface area contributed by atoms with Gasteiger partial charge >= 0.3 is 0 Å². The lowest BCUT2D eigenvalue weighted by atomic mass is 9.83. The first-order valence-corrected chi connectivity index (χ1v) is 11.7. The van der Waals surface area contributed by atoms with Gasteiger partial charge in [0.15, 0.2) is 5.78 Å². The Bertz CT molecular complexity index is 1710. The molecule has 0 spiro atoms. The first-order valence-electron chi connectivity index (χ1n) is 10.7. The molecule has 1 amide bonds. The van der Waals surface area contributed by atoms with Gasteiger partial charge in [-0.2, -0.15) is 0 Å². The third-order valence-electron chi connectivity index (χ3n) is 5.99. The highest BCUT2D eigenvalue weighted by atomic mass is 32.2. The second kappa shape index (κ2) is 7.97. The van der Waals surface area contributed by atoms with Crippen LogP contribution in [0.3, 0.4) is 0 Å². The van der Waals surface area contributed by atoms with Crippen molar-refractivity contribution in [2.75, 3.05) is 11.1 Å². The van der Waals surface area contributed by atoms with Gasteiger partial charge in [-0.15, -0.1) is 11.8 Å². The summed E-state index contributed by atoms with van der Waals surface area (Å²) in [5, 5.41) is 5.15. The second-order valence-electron chi connectivity index (χ2n) is 8.01. The monoisotopic (exact) mass is 463 g/mol. The zero-order valence-electron chi connectivity index (χ0n) is 17.8. The number of nitrogens with zero attached hydrogens (tertiary/aromatic N) is 1. The van der Waals surface area contributed by atoms with Crippen LogP contribution in [0.1, 0.15) is 15.9 Å². The number of thioether (sulfide) groups is 1. The van der Waals surface area contributed by atoms with Crippen LogP contribution in [0.4, 0.5) is 5.69 Å². The molecule has 6 rings (SSSR count). The number of hydrogen-bond donors (Lipinski definition) is 2. The number of H-pyrrole nitrogens is 1. The molecular formula is C27H17N3O3S. The maximum absolute atomic E-state index is 13.1.